The van der Waals surface area contributed by atoms with E-state index in [9.17, 15) is 23.2 Å². The Hall–Kier alpha value is -2.34. The van der Waals surface area contributed by atoms with Gasteiger partial charge < -0.3 is 15.0 Å². The first-order chi connectivity index (χ1) is 12.0. The minimum Gasteiger partial charge on any atom is -0.351 e. The maximum atomic E-state index is 13.3. The van der Waals surface area contributed by atoms with E-state index in [0.29, 0.717) is 19.4 Å². The first-order valence-corrected chi connectivity index (χ1v) is 8.24. The summed E-state index contributed by atoms with van der Waals surface area (Å²) in [6, 6.07) is 2.52. The highest BCUT2D eigenvalue weighted by atomic mass is 19.4. The number of aromatic nitrogens is 1. The standard InChI is InChI=1S/C17H19F3N4O2/c1-10-7-12(17(18,19)20)11(8-21)13(22-10)24-6-4-5-16(9-24)23-14(25)15(2,3)26-16/h7H,4-6,9H2,1-3H3,(H,23,25). The highest BCUT2D eigenvalue weighted by Gasteiger charge is 2.52. The van der Waals surface area contributed by atoms with Crippen LogP contribution in [0.5, 0.6) is 0 Å². The lowest BCUT2D eigenvalue weighted by Gasteiger charge is -2.41. The van der Waals surface area contributed by atoms with Crippen LogP contribution in [0.1, 0.15) is 43.5 Å². The van der Waals surface area contributed by atoms with Crippen molar-refractivity contribution in [2.24, 2.45) is 0 Å². The number of ether oxygens (including phenoxy) is 1. The molecular weight excluding hydrogens is 349 g/mol. The second kappa shape index (κ2) is 5.84. The lowest BCUT2D eigenvalue weighted by atomic mass is 10.00. The molecule has 26 heavy (non-hydrogen) atoms. The molecule has 1 aromatic heterocycles. The van der Waals surface area contributed by atoms with Gasteiger partial charge in [0, 0.05) is 12.2 Å². The van der Waals surface area contributed by atoms with Crippen LogP contribution in [0.4, 0.5) is 19.0 Å². The van der Waals surface area contributed by atoms with Crippen molar-refractivity contribution in [2.75, 3.05) is 18.0 Å². The minimum absolute atomic E-state index is 0.0264. The molecule has 1 spiro atoms. The number of halogens is 3. The van der Waals surface area contributed by atoms with Crippen LogP contribution < -0.4 is 10.2 Å². The molecule has 0 radical (unpaired) electrons. The van der Waals surface area contributed by atoms with Gasteiger partial charge in [-0.25, -0.2) is 4.98 Å². The largest absolute Gasteiger partial charge is 0.417 e. The molecule has 0 bridgehead atoms. The van der Waals surface area contributed by atoms with Gasteiger partial charge >= 0.3 is 6.18 Å². The molecule has 1 unspecified atom stereocenters. The summed E-state index contributed by atoms with van der Waals surface area (Å²) in [6.07, 6.45) is -3.53. The Bertz CT molecular complexity index is 800. The number of amides is 1. The number of pyridine rings is 1. The fourth-order valence-corrected chi connectivity index (χ4v) is 3.53. The summed E-state index contributed by atoms with van der Waals surface area (Å²) in [5.41, 5.74) is -3.35. The van der Waals surface area contributed by atoms with E-state index in [4.69, 9.17) is 4.74 Å². The smallest absolute Gasteiger partial charge is 0.351 e. The van der Waals surface area contributed by atoms with Gasteiger partial charge in [0.05, 0.1) is 12.1 Å². The van der Waals surface area contributed by atoms with Crippen LogP contribution in [-0.2, 0) is 15.7 Å². The quantitative estimate of drug-likeness (QED) is 0.824. The third-order valence-electron chi connectivity index (χ3n) is 4.64. The number of hydrogen-bond acceptors (Lipinski definition) is 5. The normalized spacial score (nSPS) is 25.3. The van der Waals surface area contributed by atoms with Crippen molar-refractivity contribution in [3.8, 4) is 6.07 Å². The topological polar surface area (TPSA) is 78.2 Å². The van der Waals surface area contributed by atoms with Gasteiger partial charge in [-0.2, -0.15) is 18.4 Å². The Balaban J connectivity index is 2.01. The van der Waals surface area contributed by atoms with Crippen LogP contribution in [0.3, 0.4) is 0 Å². The van der Waals surface area contributed by atoms with E-state index in [2.05, 4.69) is 10.3 Å². The van der Waals surface area contributed by atoms with Gasteiger partial charge in [-0.05, 0) is 39.7 Å². The molecule has 1 aromatic rings. The highest BCUT2D eigenvalue weighted by Crippen LogP contribution is 2.39. The van der Waals surface area contributed by atoms with Gasteiger partial charge in [0.15, 0.2) is 5.72 Å². The summed E-state index contributed by atoms with van der Waals surface area (Å²) in [6.45, 7) is 5.29. The SMILES string of the molecule is Cc1cc(C(F)(F)F)c(C#N)c(N2CCCC3(C2)NC(=O)C(C)(C)O3)n1. The van der Waals surface area contributed by atoms with E-state index in [1.54, 1.807) is 24.8 Å². The van der Waals surface area contributed by atoms with Crippen molar-refractivity contribution >= 4 is 11.7 Å². The van der Waals surface area contributed by atoms with E-state index in [-0.39, 0.29) is 24.0 Å². The van der Waals surface area contributed by atoms with Crippen molar-refractivity contribution in [1.29, 1.82) is 5.26 Å². The van der Waals surface area contributed by atoms with E-state index in [0.717, 1.165) is 6.07 Å². The molecule has 3 rings (SSSR count). The Kier molecular flexibility index (Phi) is 4.15. The summed E-state index contributed by atoms with van der Waals surface area (Å²) in [4.78, 5) is 17.9. The third kappa shape index (κ3) is 3.09. The summed E-state index contributed by atoms with van der Waals surface area (Å²) in [5.74, 6) is -0.297. The zero-order valence-electron chi connectivity index (χ0n) is 14.7. The summed E-state index contributed by atoms with van der Waals surface area (Å²) in [7, 11) is 0. The molecule has 1 amide bonds. The molecule has 3 heterocycles. The zero-order valence-corrected chi connectivity index (χ0v) is 14.7. The molecule has 9 heteroatoms. The van der Waals surface area contributed by atoms with E-state index >= 15 is 0 Å². The fourth-order valence-electron chi connectivity index (χ4n) is 3.53. The molecule has 0 aromatic carbocycles. The van der Waals surface area contributed by atoms with E-state index < -0.39 is 28.6 Å². The van der Waals surface area contributed by atoms with Gasteiger partial charge in [0.25, 0.3) is 5.91 Å². The molecule has 2 fully saturated rings. The maximum absolute atomic E-state index is 13.3. The van der Waals surface area contributed by atoms with Gasteiger partial charge in [-0.1, -0.05) is 0 Å². The molecule has 1 N–H and O–H groups in total. The minimum atomic E-state index is -4.65. The summed E-state index contributed by atoms with van der Waals surface area (Å²) < 4.78 is 45.9. The van der Waals surface area contributed by atoms with Crippen LogP contribution in [0, 0.1) is 18.3 Å². The number of nitrogens with zero attached hydrogens (tertiary/aromatic N) is 3. The molecule has 1 atom stereocenters. The maximum Gasteiger partial charge on any atom is 0.417 e. The Labute approximate surface area is 148 Å². The molecule has 2 aliphatic heterocycles. The zero-order chi connectivity index (χ0) is 19.3. The van der Waals surface area contributed by atoms with Crippen molar-refractivity contribution < 1.29 is 22.7 Å². The number of rotatable bonds is 1. The number of alkyl halides is 3. The van der Waals surface area contributed by atoms with E-state index in [1.807, 2.05) is 0 Å². The van der Waals surface area contributed by atoms with Crippen LogP contribution in [0.2, 0.25) is 0 Å². The predicted molar refractivity (Wildman–Crippen MR) is 86.2 cm³/mol. The molecule has 140 valence electrons. The summed E-state index contributed by atoms with van der Waals surface area (Å²) >= 11 is 0. The molecule has 2 saturated heterocycles. The lowest BCUT2D eigenvalue weighted by molar-refractivity contribution is -0.138. The monoisotopic (exact) mass is 368 g/mol. The van der Waals surface area contributed by atoms with Crippen molar-refractivity contribution in [1.82, 2.24) is 10.3 Å². The van der Waals surface area contributed by atoms with Crippen LogP contribution in [-0.4, -0.2) is 35.3 Å². The number of anilines is 1. The fraction of sp³-hybridized carbons (Fsp3) is 0.588. The van der Waals surface area contributed by atoms with E-state index in [1.165, 1.54) is 6.92 Å². The Morgan fingerprint density at radius 2 is 2.12 bits per heavy atom. The van der Waals surface area contributed by atoms with Crippen LogP contribution in [0.15, 0.2) is 6.07 Å². The number of nitrogens with one attached hydrogen (secondary N) is 1. The highest BCUT2D eigenvalue weighted by molar-refractivity contribution is 5.87. The van der Waals surface area contributed by atoms with Crippen molar-refractivity contribution in [3.63, 3.8) is 0 Å². The number of hydrogen-bond donors (Lipinski definition) is 1. The molecule has 2 aliphatic rings. The number of nitriles is 1. The number of aryl methyl sites for hydroxylation is 1. The third-order valence-corrected chi connectivity index (χ3v) is 4.64. The lowest BCUT2D eigenvalue weighted by Crippen LogP contribution is -2.56. The molecule has 0 saturated carbocycles. The van der Waals surface area contributed by atoms with Gasteiger partial charge in [0.1, 0.15) is 23.1 Å². The van der Waals surface area contributed by atoms with Crippen LogP contribution in [0.25, 0.3) is 0 Å². The van der Waals surface area contributed by atoms with Crippen molar-refractivity contribution in [2.45, 2.75) is 51.1 Å². The average molecular weight is 368 g/mol. The molecule has 6 nitrogen and oxygen atoms in total. The van der Waals surface area contributed by atoms with Gasteiger partial charge in [-0.3, -0.25) is 4.79 Å². The molecule has 0 aliphatic carbocycles. The van der Waals surface area contributed by atoms with Gasteiger partial charge in [0.2, 0.25) is 0 Å². The van der Waals surface area contributed by atoms with Crippen LogP contribution >= 0.6 is 0 Å². The first-order valence-electron chi connectivity index (χ1n) is 8.24. The molecular formula is C17H19F3N4O2. The Morgan fingerprint density at radius 3 is 2.65 bits per heavy atom. The number of carbonyl (C=O) groups is 1. The van der Waals surface area contributed by atoms with Crippen molar-refractivity contribution in [3.05, 3.63) is 22.9 Å². The van der Waals surface area contributed by atoms with Gasteiger partial charge in [-0.15, -0.1) is 0 Å². The second-order valence-corrected chi connectivity index (χ2v) is 7.21. The predicted octanol–water partition coefficient (Wildman–Crippen LogP) is 2.50. The Morgan fingerprint density at radius 1 is 1.42 bits per heavy atom. The number of carbonyl (C=O) groups excluding carboxylic acids is 1. The first kappa shape index (κ1) is 18.5. The number of piperidine rings is 1. The average Bonchev–Trinajstić information content (AvgIpc) is 2.74. The summed E-state index contributed by atoms with van der Waals surface area (Å²) in [5, 5.41) is 12.2. The second-order valence-electron chi connectivity index (χ2n) is 7.21.